The van der Waals surface area contributed by atoms with Gasteiger partial charge in [-0.1, -0.05) is 61.9 Å². The molecule has 0 aliphatic heterocycles. The van der Waals surface area contributed by atoms with Gasteiger partial charge in [0.15, 0.2) is 0 Å². The predicted molar refractivity (Wildman–Crippen MR) is 118 cm³/mol. The number of nitrogens with one attached hydrogen (secondary N) is 2. The lowest BCUT2D eigenvalue weighted by Gasteiger charge is -2.16. The molecule has 4 nitrogen and oxygen atoms in total. The highest BCUT2D eigenvalue weighted by atomic mass is 32.1. The first-order chi connectivity index (χ1) is 13.4. The van der Waals surface area contributed by atoms with E-state index in [1.54, 1.807) is 11.3 Å². The van der Waals surface area contributed by atoms with Gasteiger partial charge in [-0.05, 0) is 30.9 Å². The highest BCUT2D eigenvalue weighted by Crippen LogP contribution is 2.27. The average molecular weight is 394 g/mol. The van der Waals surface area contributed by atoms with Crippen LogP contribution in [0.15, 0.2) is 47.8 Å². The van der Waals surface area contributed by atoms with Crippen LogP contribution in [0.5, 0.6) is 0 Å². The van der Waals surface area contributed by atoms with Crippen molar-refractivity contribution in [3.05, 3.63) is 70.2 Å². The van der Waals surface area contributed by atoms with Crippen LogP contribution >= 0.6 is 11.3 Å². The summed E-state index contributed by atoms with van der Waals surface area (Å²) in [7, 11) is 0. The molecule has 2 amide bonds. The third-order valence-electron chi connectivity index (χ3n) is 4.68. The number of para-hydroxylation sites is 1. The van der Waals surface area contributed by atoms with Gasteiger partial charge in [0.1, 0.15) is 5.01 Å². The van der Waals surface area contributed by atoms with E-state index in [2.05, 4.69) is 72.1 Å². The maximum absolute atomic E-state index is 12.3. The van der Waals surface area contributed by atoms with Gasteiger partial charge in [0.2, 0.25) is 0 Å². The first-order valence-corrected chi connectivity index (χ1v) is 10.5. The van der Waals surface area contributed by atoms with E-state index < -0.39 is 0 Å². The molecule has 0 bridgehead atoms. The fourth-order valence-electron chi connectivity index (χ4n) is 3.05. The minimum absolute atomic E-state index is 0.176. The van der Waals surface area contributed by atoms with Crippen molar-refractivity contribution in [3.63, 3.8) is 0 Å². The summed E-state index contributed by atoms with van der Waals surface area (Å²) in [5.74, 6) is 0.352. The summed E-state index contributed by atoms with van der Waals surface area (Å²) in [6.07, 6.45) is 0.709. The van der Waals surface area contributed by atoms with Crippen LogP contribution in [0, 0.1) is 13.8 Å². The van der Waals surface area contributed by atoms with Gasteiger partial charge in [-0.15, -0.1) is 11.3 Å². The molecule has 2 N–H and O–H groups in total. The second kappa shape index (κ2) is 9.02. The Balaban J connectivity index is 1.55. The number of aromatic nitrogens is 1. The van der Waals surface area contributed by atoms with Gasteiger partial charge in [-0.2, -0.15) is 0 Å². The van der Waals surface area contributed by atoms with Gasteiger partial charge >= 0.3 is 6.03 Å². The maximum Gasteiger partial charge on any atom is 0.319 e. The van der Waals surface area contributed by atoms with Crippen LogP contribution < -0.4 is 10.6 Å². The maximum atomic E-state index is 12.3. The van der Waals surface area contributed by atoms with E-state index >= 15 is 0 Å². The average Bonchev–Trinajstić information content (AvgIpc) is 3.12. The van der Waals surface area contributed by atoms with Crippen molar-refractivity contribution < 1.29 is 4.79 Å². The number of thiazole rings is 1. The molecule has 0 radical (unpaired) electrons. The SMILES string of the molecule is Cc1ccc(-c2nc(CCNC(=O)Nc3c(C)cccc3C(C)C)cs2)cc1. The highest BCUT2D eigenvalue weighted by Gasteiger charge is 2.12. The number of carbonyl (C=O) groups excluding carboxylic acids is 1. The lowest BCUT2D eigenvalue weighted by Crippen LogP contribution is -2.31. The van der Waals surface area contributed by atoms with Gasteiger partial charge in [0.25, 0.3) is 0 Å². The van der Waals surface area contributed by atoms with Gasteiger partial charge in [0.05, 0.1) is 5.69 Å². The Morgan fingerprint density at radius 3 is 2.57 bits per heavy atom. The van der Waals surface area contributed by atoms with E-state index in [1.807, 2.05) is 19.1 Å². The number of anilines is 1. The second-order valence-electron chi connectivity index (χ2n) is 7.33. The van der Waals surface area contributed by atoms with E-state index in [0.29, 0.717) is 18.9 Å². The zero-order valence-corrected chi connectivity index (χ0v) is 17.7. The lowest BCUT2D eigenvalue weighted by molar-refractivity contribution is 0.252. The first kappa shape index (κ1) is 20.1. The lowest BCUT2D eigenvalue weighted by atomic mass is 9.98. The molecule has 5 heteroatoms. The smallest absolute Gasteiger partial charge is 0.319 e. The third-order valence-corrected chi connectivity index (χ3v) is 5.62. The molecule has 1 heterocycles. The first-order valence-electron chi connectivity index (χ1n) is 9.60. The molecule has 146 valence electrons. The summed E-state index contributed by atoms with van der Waals surface area (Å²) in [6.45, 7) is 8.90. The van der Waals surface area contributed by atoms with Crippen molar-refractivity contribution in [2.45, 2.75) is 40.0 Å². The molecule has 3 aromatic rings. The Hall–Kier alpha value is -2.66. The van der Waals surface area contributed by atoms with Crippen LogP contribution in [0.2, 0.25) is 0 Å². The zero-order chi connectivity index (χ0) is 20.1. The molecule has 0 aliphatic rings. The zero-order valence-electron chi connectivity index (χ0n) is 16.9. The molecule has 28 heavy (non-hydrogen) atoms. The van der Waals surface area contributed by atoms with Crippen LogP contribution in [0.4, 0.5) is 10.5 Å². The molecule has 3 rings (SSSR count). The number of carbonyl (C=O) groups is 1. The number of hydrogen-bond acceptors (Lipinski definition) is 3. The number of nitrogens with zero attached hydrogens (tertiary/aromatic N) is 1. The van der Waals surface area contributed by atoms with E-state index in [-0.39, 0.29) is 6.03 Å². The van der Waals surface area contributed by atoms with Crippen molar-refractivity contribution in [1.82, 2.24) is 10.3 Å². The van der Waals surface area contributed by atoms with Crippen LogP contribution in [0.1, 0.15) is 42.1 Å². The molecule has 0 spiro atoms. The van der Waals surface area contributed by atoms with E-state index in [9.17, 15) is 4.79 Å². The molecule has 2 aromatic carbocycles. The quantitative estimate of drug-likeness (QED) is 0.546. The molecule has 0 atom stereocenters. The number of hydrogen-bond donors (Lipinski definition) is 2. The fourth-order valence-corrected chi connectivity index (χ4v) is 3.92. The number of amides is 2. The van der Waals surface area contributed by atoms with Crippen LogP contribution in [0.25, 0.3) is 10.6 Å². The monoisotopic (exact) mass is 393 g/mol. The van der Waals surface area contributed by atoms with Gasteiger partial charge in [-0.25, -0.2) is 9.78 Å². The van der Waals surface area contributed by atoms with Crippen molar-refractivity contribution in [2.24, 2.45) is 0 Å². The van der Waals surface area contributed by atoms with Crippen LogP contribution in [0.3, 0.4) is 0 Å². The third kappa shape index (κ3) is 4.98. The summed E-state index contributed by atoms with van der Waals surface area (Å²) >= 11 is 1.64. The molecular formula is C23H27N3OS. The number of aryl methyl sites for hydroxylation is 2. The van der Waals surface area contributed by atoms with E-state index in [0.717, 1.165) is 33.1 Å². The standard InChI is InChI=1S/C23H27N3OS/c1-15(2)20-7-5-6-17(4)21(20)26-23(27)24-13-12-19-14-28-22(25-19)18-10-8-16(3)9-11-18/h5-11,14-15H,12-13H2,1-4H3,(H2,24,26,27). The summed E-state index contributed by atoms with van der Waals surface area (Å²) in [5, 5.41) is 9.04. The predicted octanol–water partition coefficient (Wildman–Crippen LogP) is 5.91. The Bertz CT molecular complexity index is 945. The molecule has 0 fully saturated rings. The van der Waals surface area contributed by atoms with Gasteiger partial charge in [-0.3, -0.25) is 0 Å². The summed E-state index contributed by atoms with van der Waals surface area (Å²) in [4.78, 5) is 17.0. The van der Waals surface area contributed by atoms with Crippen molar-refractivity contribution in [1.29, 1.82) is 0 Å². The number of urea groups is 1. The van der Waals surface area contributed by atoms with Crippen molar-refractivity contribution in [3.8, 4) is 10.6 Å². The summed E-state index contributed by atoms with van der Waals surface area (Å²) in [5.41, 5.74) is 6.50. The molecule has 0 saturated carbocycles. The fraction of sp³-hybridized carbons (Fsp3) is 0.304. The molecule has 0 unspecified atom stereocenters. The number of rotatable bonds is 6. The minimum Gasteiger partial charge on any atom is -0.337 e. The largest absolute Gasteiger partial charge is 0.337 e. The normalized spacial score (nSPS) is 10.9. The molecule has 1 aromatic heterocycles. The Labute approximate surface area is 171 Å². The number of benzene rings is 2. The molecular weight excluding hydrogens is 366 g/mol. The molecule has 0 saturated heterocycles. The van der Waals surface area contributed by atoms with E-state index in [1.165, 1.54) is 5.56 Å². The van der Waals surface area contributed by atoms with E-state index in [4.69, 9.17) is 0 Å². The van der Waals surface area contributed by atoms with Crippen molar-refractivity contribution >= 4 is 23.1 Å². The Morgan fingerprint density at radius 1 is 1.11 bits per heavy atom. The topological polar surface area (TPSA) is 54.0 Å². The highest BCUT2D eigenvalue weighted by molar-refractivity contribution is 7.13. The van der Waals surface area contributed by atoms with Crippen molar-refractivity contribution in [2.75, 3.05) is 11.9 Å². The molecule has 0 aliphatic carbocycles. The Kier molecular flexibility index (Phi) is 6.47. The van der Waals surface area contributed by atoms with Gasteiger partial charge < -0.3 is 10.6 Å². The van der Waals surface area contributed by atoms with Crippen LogP contribution in [-0.2, 0) is 6.42 Å². The van der Waals surface area contributed by atoms with Crippen LogP contribution in [-0.4, -0.2) is 17.6 Å². The minimum atomic E-state index is -0.176. The summed E-state index contributed by atoms with van der Waals surface area (Å²) < 4.78 is 0. The second-order valence-corrected chi connectivity index (χ2v) is 8.19. The summed E-state index contributed by atoms with van der Waals surface area (Å²) in [6, 6.07) is 14.3. The Morgan fingerprint density at radius 2 is 1.86 bits per heavy atom. The van der Waals surface area contributed by atoms with Gasteiger partial charge in [0, 0.05) is 29.6 Å².